The first-order chi connectivity index (χ1) is 11.6. The van der Waals surface area contributed by atoms with E-state index >= 15 is 0 Å². The van der Waals surface area contributed by atoms with Crippen molar-refractivity contribution < 1.29 is 19.1 Å². The summed E-state index contributed by atoms with van der Waals surface area (Å²) in [5, 5.41) is 4.57. The first-order valence-corrected chi connectivity index (χ1v) is 8.62. The number of thiophene rings is 1. The Morgan fingerprint density at radius 1 is 1.08 bits per heavy atom. The fraction of sp³-hybridized carbons (Fsp3) is 0.278. The van der Waals surface area contributed by atoms with Gasteiger partial charge in [-0.05, 0) is 30.9 Å². The maximum absolute atomic E-state index is 12.5. The molecular weight excluding hydrogens is 326 g/mol. The average molecular weight is 345 g/mol. The van der Waals surface area contributed by atoms with Gasteiger partial charge < -0.3 is 10.1 Å². The van der Waals surface area contributed by atoms with Gasteiger partial charge in [-0.1, -0.05) is 24.3 Å². The summed E-state index contributed by atoms with van der Waals surface area (Å²) in [5.74, 6) is -0.762. The van der Waals surface area contributed by atoms with Gasteiger partial charge >= 0.3 is 5.97 Å². The highest BCUT2D eigenvalue weighted by molar-refractivity contribution is 7.12. The molecule has 0 aliphatic heterocycles. The van der Waals surface area contributed by atoms with Gasteiger partial charge in [0.15, 0.2) is 0 Å². The maximum atomic E-state index is 12.5. The molecule has 0 atom stereocenters. The van der Waals surface area contributed by atoms with E-state index in [2.05, 4.69) is 5.32 Å². The van der Waals surface area contributed by atoms with Crippen molar-refractivity contribution in [1.29, 1.82) is 0 Å². The molecular formula is C18H19NO4S. The molecule has 0 unspecified atom stereocenters. The van der Waals surface area contributed by atoms with E-state index in [4.69, 9.17) is 4.74 Å². The summed E-state index contributed by atoms with van der Waals surface area (Å²) >= 11 is 1.34. The summed E-state index contributed by atoms with van der Waals surface area (Å²) in [4.78, 5) is 36.7. The van der Waals surface area contributed by atoms with Crippen LogP contribution in [0.15, 0.2) is 41.8 Å². The average Bonchev–Trinajstić information content (AvgIpc) is 3.13. The van der Waals surface area contributed by atoms with Gasteiger partial charge in [0, 0.05) is 18.5 Å². The Labute approximate surface area is 144 Å². The van der Waals surface area contributed by atoms with Crippen molar-refractivity contribution in [2.45, 2.75) is 19.8 Å². The van der Waals surface area contributed by atoms with Gasteiger partial charge in [0.25, 0.3) is 5.91 Å². The number of carbonyl (C=O) groups excluding carboxylic acids is 3. The van der Waals surface area contributed by atoms with Gasteiger partial charge in [0.05, 0.1) is 17.0 Å². The number of hydrogen-bond acceptors (Lipinski definition) is 5. The van der Waals surface area contributed by atoms with Crippen molar-refractivity contribution in [3.8, 4) is 0 Å². The van der Waals surface area contributed by atoms with Crippen LogP contribution in [0.1, 0.15) is 45.4 Å². The molecule has 126 valence electrons. The highest BCUT2D eigenvalue weighted by Crippen LogP contribution is 2.18. The number of rotatable bonds is 8. The SMILES string of the molecule is CCOC(=O)CCCNC(=O)c1ccccc1C(=O)c1cccs1. The molecule has 0 aliphatic carbocycles. The quantitative estimate of drug-likeness (QED) is 0.453. The van der Waals surface area contributed by atoms with E-state index in [1.807, 2.05) is 5.38 Å². The fourth-order valence-electron chi connectivity index (χ4n) is 2.18. The molecule has 1 N–H and O–H groups in total. The molecule has 0 saturated heterocycles. The van der Waals surface area contributed by atoms with Gasteiger partial charge in [-0.3, -0.25) is 14.4 Å². The second kappa shape index (κ2) is 8.98. The van der Waals surface area contributed by atoms with E-state index in [9.17, 15) is 14.4 Å². The van der Waals surface area contributed by atoms with Gasteiger partial charge in [-0.15, -0.1) is 11.3 Å². The molecule has 24 heavy (non-hydrogen) atoms. The van der Waals surface area contributed by atoms with Gasteiger partial charge in [0.2, 0.25) is 5.78 Å². The molecule has 1 amide bonds. The van der Waals surface area contributed by atoms with Gasteiger partial charge in [-0.25, -0.2) is 0 Å². The number of nitrogens with one attached hydrogen (secondary N) is 1. The Morgan fingerprint density at radius 2 is 1.83 bits per heavy atom. The van der Waals surface area contributed by atoms with E-state index in [0.717, 1.165) is 0 Å². The third-order valence-electron chi connectivity index (χ3n) is 3.31. The second-order valence-electron chi connectivity index (χ2n) is 5.02. The summed E-state index contributed by atoms with van der Waals surface area (Å²) < 4.78 is 4.83. The van der Waals surface area contributed by atoms with Crippen LogP contribution in [0, 0.1) is 0 Å². The Kier molecular flexibility index (Phi) is 6.69. The Balaban J connectivity index is 1.97. The topological polar surface area (TPSA) is 72.5 Å². The Hall–Kier alpha value is -2.47. The van der Waals surface area contributed by atoms with Crippen LogP contribution in [0.3, 0.4) is 0 Å². The number of benzene rings is 1. The number of hydrogen-bond donors (Lipinski definition) is 1. The number of ketones is 1. The van der Waals surface area contributed by atoms with E-state index in [1.165, 1.54) is 11.3 Å². The molecule has 1 aromatic heterocycles. The minimum Gasteiger partial charge on any atom is -0.466 e. The minimum absolute atomic E-state index is 0.165. The van der Waals surface area contributed by atoms with Crippen LogP contribution in [-0.2, 0) is 9.53 Å². The predicted octanol–water partition coefficient (Wildman–Crippen LogP) is 3.05. The van der Waals surface area contributed by atoms with Crippen LogP contribution < -0.4 is 5.32 Å². The van der Waals surface area contributed by atoms with E-state index in [1.54, 1.807) is 43.3 Å². The molecule has 2 aromatic rings. The van der Waals surface area contributed by atoms with Crippen molar-refractivity contribution in [2.75, 3.05) is 13.2 Å². The number of esters is 1. The zero-order valence-electron chi connectivity index (χ0n) is 13.4. The van der Waals surface area contributed by atoms with Gasteiger partial charge in [-0.2, -0.15) is 0 Å². The van der Waals surface area contributed by atoms with Crippen molar-refractivity contribution in [3.05, 3.63) is 57.8 Å². The van der Waals surface area contributed by atoms with Crippen LogP contribution in [0.2, 0.25) is 0 Å². The Bertz CT molecular complexity index is 710. The zero-order valence-corrected chi connectivity index (χ0v) is 14.2. The van der Waals surface area contributed by atoms with E-state index < -0.39 is 0 Å². The van der Waals surface area contributed by atoms with Crippen LogP contribution in [0.25, 0.3) is 0 Å². The first kappa shape index (κ1) is 17.9. The predicted molar refractivity (Wildman–Crippen MR) is 92.4 cm³/mol. The normalized spacial score (nSPS) is 10.2. The summed E-state index contributed by atoms with van der Waals surface area (Å²) in [6.07, 6.45) is 0.746. The van der Waals surface area contributed by atoms with Gasteiger partial charge in [0.1, 0.15) is 0 Å². The first-order valence-electron chi connectivity index (χ1n) is 7.74. The number of carbonyl (C=O) groups is 3. The third kappa shape index (κ3) is 4.76. The standard InChI is InChI=1S/C18H19NO4S/c1-2-23-16(20)10-5-11-19-18(22)14-8-4-3-7-13(14)17(21)15-9-6-12-24-15/h3-4,6-9,12H,2,5,10-11H2,1H3,(H,19,22). The van der Waals surface area contributed by atoms with E-state index in [0.29, 0.717) is 35.6 Å². The second-order valence-corrected chi connectivity index (χ2v) is 5.96. The highest BCUT2D eigenvalue weighted by Gasteiger charge is 2.18. The summed E-state index contributed by atoms with van der Waals surface area (Å²) in [6.45, 7) is 2.45. The van der Waals surface area contributed by atoms with Crippen molar-refractivity contribution in [3.63, 3.8) is 0 Å². The smallest absolute Gasteiger partial charge is 0.305 e. The molecule has 0 radical (unpaired) electrons. The maximum Gasteiger partial charge on any atom is 0.305 e. The molecule has 6 heteroatoms. The van der Waals surface area contributed by atoms with Crippen molar-refractivity contribution in [2.24, 2.45) is 0 Å². The molecule has 1 heterocycles. The Morgan fingerprint density at radius 3 is 2.50 bits per heavy atom. The molecule has 5 nitrogen and oxygen atoms in total. The van der Waals surface area contributed by atoms with E-state index in [-0.39, 0.29) is 24.1 Å². The van der Waals surface area contributed by atoms with Crippen LogP contribution in [-0.4, -0.2) is 30.8 Å². The monoisotopic (exact) mass is 345 g/mol. The highest BCUT2D eigenvalue weighted by atomic mass is 32.1. The molecule has 0 spiro atoms. The number of amides is 1. The summed E-state index contributed by atoms with van der Waals surface area (Å²) in [7, 11) is 0. The summed E-state index contributed by atoms with van der Waals surface area (Å²) in [6, 6.07) is 10.3. The molecule has 1 aromatic carbocycles. The third-order valence-corrected chi connectivity index (χ3v) is 4.18. The van der Waals surface area contributed by atoms with Crippen molar-refractivity contribution >= 4 is 29.0 Å². The lowest BCUT2D eigenvalue weighted by Crippen LogP contribution is -2.26. The fourth-order valence-corrected chi connectivity index (χ4v) is 2.86. The lowest BCUT2D eigenvalue weighted by Gasteiger charge is -2.09. The van der Waals surface area contributed by atoms with Crippen LogP contribution in [0.4, 0.5) is 0 Å². The number of ether oxygens (including phenoxy) is 1. The van der Waals surface area contributed by atoms with Crippen LogP contribution in [0.5, 0.6) is 0 Å². The van der Waals surface area contributed by atoms with Crippen LogP contribution >= 0.6 is 11.3 Å². The lowest BCUT2D eigenvalue weighted by molar-refractivity contribution is -0.143. The largest absolute Gasteiger partial charge is 0.466 e. The lowest BCUT2D eigenvalue weighted by atomic mass is 10.0. The summed E-state index contributed by atoms with van der Waals surface area (Å²) in [5.41, 5.74) is 0.717. The molecule has 2 rings (SSSR count). The zero-order chi connectivity index (χ0) is 17.4. The molecule has 0 aliphatic rings. The molecule has 0 bridgehead atoms. The van der Waals surface area contributed by atoms with Crippen molar-refractivity contribution in [1.82, 2.24) is 5.32 Å². The minimum atomic E-state index is -0.320. The molecule has 0 fully saturated rings. The molecule has 0 saturated carbocycles.